The molecule has 1 unspecified atom stereocenters. The fourth-order valence-electron chi connectivity index (χ4n) is 5.07. The summed E-state index contributed by atoms with van der Waals surface area (Å²) >= 11 is 0. The van der Waals surface area contributed by atoms with Gasteiger partial charge in [-0.1, -0.05) is 154 Å². The van der Waals surface area contributed by atoms with Crippen LogP contribution in [0.1, 0.15) is 176 Å². The van der Waals surface area contributed by atoms with Crippen molar-refractivity contribution in [3.05, 3.63) is 35.4 Å². The molecule has 0 amide bonds. The predicted octanol–water partition coefficient (Wildman–Crippen LogP) is 6.50. The minimum Gasteiger partial charge on any atom is -0.745 e. The van der Waals surface area contributed by atoms with Gasteiger partial charge in [0, 0.05) is 0 Å². The standard InChI is InChI=1S/C34H58O7S.K/c1-3-4-5-6-7-8-9-10-11-12-13-14-15-16-17-18-19-20-21-22-23-26-29-40-33(35)31-27-24-25-28-32(31)34(36)41-30(2)42(37,38)39;/h24-25,27-28,30H,3-23,26,29H2,1-2H3,(H,37,38,39);/q;+1/p-1. The molecule has 1 aromatic rings. The molecule has 0 aliphatic rings. The van der Waals surface area contributed by atoms with Gasteiger partial charge in [0.25, 0.3) is 0 Å². The van der Waals surface area contributed by atoms with Gasteiger partial charge in [0.1, 0.15) is 10.1 Å². The van der Waals surface area contributed by atoms with Crippen molar-refractivity contribution < 1.29 is 83.4 Å². The van der Waals surface area contributed by atoms with Gasteiger partial charge in [-0.2, -0.15) is 0 Å². The van der Waals surface area contributed by atoms with Crippen molar-refractivity contribution in [2.75, 3.05) is 6.61 Å². The SMILES string of the molecule is CCCCCCCCCCCCCCCCCCCCCCCCOC(=O)c1ccccc1C(=O)OC(C)S(=O)(=O)[O-].[K+]. The molecular formula is C34H57KO7S. The van der Waals surface area contributed by atoms with Crippen LogP contribution >= 0.6 is 0 Å². The van der Waals surface area contributed by atoms with E-state index in [-0.39, 0.29) is 69.1 Å². The number of carbonyl (C=O) groups is 2. The zero-order valence-electron chi connectivity index (χ0n) is 27.4. The molecule has 0 radical (unpaired) electrons. The minimum absolute atomic E-state index is 0. The molecule has 0 N–H and O–H groups in total. The number of esters is 2. The van der Waals surface area contributed by atoms with Crippen LogP contribution < -0.4 is 51.4 Å². The second kappa shape index (κ2) is 28.0. The Morgan fingerprint density at radius 3 is 1.30 bits per heavy atom. The summed E-state index contributed by atoms with van der Waals surface area (Å²) in [7, 11) is -4.79. The fourth-order valence-corrected chi connectivity index (χ4v) is 5.27. The number of hydrogen-bond acceptors (Lipinski definition) is 7. The Hall–Kier alpha value is -0.294. The molecule has 0 aliphatic heterocycles. The number of unbranched alkanes of at least 4 members (excludes halogenated alkanes) is 21. The molecule has 43 heavy (non-hydrogen) atoms. The van der Waals surface area contributed by atoms with E-state index < -0.39 is 27.5 Å². The third kappa shape index (κ3) is 22.8. The Morgan fingerprint density at radius 1 is 0.628 bits per heavy atom. The van der Waals surface area contributed by atoms with Crippen LogP contribution in [0.3, 0.4) is 0 Å². The minimum atomic E-state index is -4.79. The van der Waals surface area contributed by atoms with Gasteiger partial charge in [0.2, 0.25) is 0 Å². The Morgan fingerprint density at radius 2 is 0.953 bits per heavy atom. The van der Waals surface area contributed by atoms with Crippen LogP contribution in [-0.4, -0.2) is 37.0 Å². The van der Waals surface area contributed by atoms with E-state index in [4.69, 9.17) is 9.47 Å². The first-order valence-electron chi connectivity index (χ1n) is 16.7. The van der Waals surface area contributed by atoms with Crippen molar-refractivity contribution >= 4 is 22.1 Å². The monoisotopic (exact) mass is 648 g/mol. The van der Waals surface area contributed by atoms with Crippen molar-refractivity contribution in [3.63, 3.8) is 0 Å². The van der Waals surface area contributed by atoms with Gasteiger partial charge in [-0.15, -0.1) is 0 Å². The van der Waals surface area contributed by atoms with Crippen LogP contribution in [0.25, 0.3) is 0 Å². The maximum Gasteiger partial charge on any atom is 1.00 e. The largest absolute Gasteiger partial charge is 1.00 e. The molecule has 0 bridgehead atoms. The Labute approximate surface area is 305 Å². The molecule has 0 fully saturated rings. The average Bonchev–Trinajstić information content (AvgIpc) is 2.96. The molecule has 242 valence electrons. The topological polar surface area (TPSA) is 110 Å². The molecule has 0 spiro atoms. The van der Waals surface area contributed by atoms with Gasteiger partial charge in [-0.3, -0.25) is 0 Å². The molecule has 0 heterocycles. The number of ether oxygens (including phenoxy) is 2. The Balaban J connectivity index is 0.0000176. The van der Waals surface area contributed by atoms with Gasteiger partial charge < -0.3 is 14.0 Å². The molecule has 1 rings (SSSR count). The first-order chi connectivity index (χ1) is 20.3. The first-order valence-corrected chi connectivity index (χ1v) is 18.2. The van der Waals surface area contributed by atoms with Crippen LogP contribution in [0.15, 0.2) is 24.3 Å². The van der Waals surface area contributed by atoms with Crippen LogP contribution in [0.2, 0.25) is 0 Å². The molecule has 7 nitrogen and oxygen atoms in total. The molecule has 9 heteroatoms. The smallest absolute Gasteiger partial charge is 0.745 e. The second-order valence-corrected chi connectivity index (χ2v) is 13.2. The summed E-state index contributed by atoms with van der Waals surface area (Å²) in [6, 6.07) is 5.83. The van der Waals surface area contributed by atoms with E-state index in [0.29, 0.717) is 0 Å². The van der Waals surface area contributed by atoms with Crippen LogP contribution in [0, 0.1) is 0 Å². The van der Waals surface area contributed by atoms with Gasteiger partial charge in [-0.25, -0.2) is 18.0 Å². The van der Waals surface area contributed by atoms with Crippen molar-refractivity contribution in [2.45, 2.75) is 161 Å². The van der Waals surface area contributed by atoms with Crippen molar-refractivity contribution in [1.82, 2.24) is 0 Å². The maximum absolute atomic E-state index is 12.5. The molecule has 0 saturated heterocycles. The first kappa shape index (κ1) is 42.7. The molecule has 0 aromatic heterocycles. The zero-order chi connectivity index (χ0) is 30.9. The molecule has 0 saturated carbocycles. The van der Waals surface area contributed by atoms with E-state index in [1.165, 1.54) is 140 Å². The van der Waals surface area contributed by atoms with E-state index in [1.807, 2.05) is 0 Å². The Kier molecular flexibility index (Phi) is 27.8. The van der Waals surface area contributed by atoms with E-state index in [1.54, 1.807) is 6.07 Å². The Bertz CT molecular complexity index is 952. The summed E-state index contributed by atoms with van der Waals surface area (Å²) in [5, 5.41) is 0. The van der Waals surface area contributed by atoms with Crippen LogP contribution in [0.4, 0.5) is 0 Å². The quantitative estimate of drug-likeness (QED) is 0.0464. The number of benzene rings is 1. The van der Waals surface area contributed by atoms with Crippen LogP contribution in [-0.2, 0) is 19.6 Å². The molecule has 0 aliphatic carbocycles. The molecular weight excluding hydrogens is 592 g/mol. The summed E-state index contributed by atoms with van der Waals surface area (Å²) in [5.74, 6) is -1.73. The van der Waals surface area contributed by atoms with Gasteiger partial charge in [0.15, 0.2) is 5.44 Å². The van der Waals surface area contributed by atoms with Gasteiger partial charge >= 0.3 is 63.3 Å². The van der Waals surface area contributed by atoms with E-state index in [0.717, 1.165) is 26.2 Å². The maximum atomic E-state index is 12.5. The van der Waals surface area contributed by atoms with Gasteiger partial charge in [-0.05, 0) is 25.5 Å². The summed E-state index contributed by atoms with van der Waals surface area (Å²) < 4.78 is 43.0. The second-order valence-electron chi connectivity index (χ2n) is 11.6. The molecule has 1 atom stereocenters. The van der Waals surface area contributed by atoms with Crippen molar-refractivity contribution in [1.29, 1.82) is 0 Å². The third-order valence-corrected chi connectivity index (χ3v) is 8.69. The van der Waals surface area contributed by atoms with E-state index in [9.17, 15) is 22.6 Å². The van der Waals surface area contributed by atoms with Crippen molar-refractivity contribution in [3.8, 4) is 0 Å². The summed E-state index contributed by atoms with van der Waals surface area (Å²) in [4.78, 5) is 24.7. The third-order valence-electron chi connectivity index (χ3n) is 7.78. The number of hydrogen-bond donors (Lipinski definition) is 0. The van der Waals surface area contributed by atoms with Crippen LogP contribution in [0.5, 0.6) is 0 Å². The normalized spacial score (nSPS) is 12.0. The zero-order valence-corrected chi connectivity index (χ0v) is 31.4. The summed E-state index contributed by atoms with van der Waals surface area (Å²) in [6.07, 6.45) is 28.8. The van der Waals surface area contributed by atoms with Crippen molar-refractivity contribution in [2.24, 2.45) is 0 Å². The molecule has 1 aromatic carbocycles. The van der Waals surface area contributed by atoms with Gasteiger partial charge in [0.05, 0.1) is 17.7 Å². The van der Waals surface area contributed by atoms with E-state index >= 15 is 0 Å². The fraction of sp³-hybridized carbons (Fsp3) is 0.765. The number of rotatable bonds is 27. The number of carbonyl (C=O) groups excluding carboxylic acids is 2. The summed E-state index contributed by atoms with van der Waals surface area (Å²) in [5.41, 5.74) is -2.00. The summed E-state index contributed by atoms with van der Waals surface area (Å²) in [6.45, 7) is 3.49. The van der Waals surface area contributed by atoms with E-state index in [2.05, 4.69) is 6.92 Å². The predicted molar refractivity (Wildman–Crippen MR) is 169 cm³/mol. The average molecular weight is 649 g/mol.